The highest BCUT2D eigenvalue weighted by atomic mass is 32.2. The monoisotopic (exact) mass is 539 g/mol. The molecule has 0 radical (unpaired) electrons. The van der Waals surface area contributed by atoms with Crippen LogP contribution in [-0.4, -0.2) is 72.2 Å². The topological polar surface area (TPSA) is 114 Å². The predicted octanol–water partition coefficient (Wildman–Crippen LogP) is 3.01. The summed E-state index contributed by atoms with van der Waals surface area (Å²) in [5.74, 6) is -0.207. The van der Waals surface area contributed by atoms with Crippen molar-refractivity contribution in [3.63, 3.8) is 0 Å². The molecule has 4 rings (SSSR count). The maximum atomic E-state index is 13.7. The van der Waals surface area contributed by atoms with E-state index in [0.29, 0.717) is 37.6 Å². The number of nitrogens with zero attached hydrogens (tertiary/aromatic N) is 2. The number of ether oxygens (including phenoxy) is 3. The second-order valence-electron chi connectivity index (χ2n) is 8.36. The van der Waals surface area contributed by atoms with Crippen LogP contribution in [0.4, 0.5) is 11.4 Å². The first-order valence-electron chi connectivity index (χ1n) is 11.9. The Morgan fingerprint density at radius 2 is 1.63 bits per heavy atom. The van der Waals surface area contributed by atoms with E-state index in [4.69, 9.17) is 14.2 Å². The second kappa shape index (κ2) is 12.0. The Labute approximate surface area is 221 Å². The van der Waals surface area contributed by atoms with Gasteiger partial charge in [-0.05, 0) is 36.4 Å². The molecular formula is C27H29N3O7S. The molecule has 1 saturated heterocycles. The molecule has 0 saturated carbocycles. The van der Waals surface area contributed by atoms with Gasteiger partial charge in [0, 0.05) is 19.2 Å². The molecule has 3 aromatic carbocycles. The minimum Gasteiger partial charge on any atom is -0.497 e. The average Bonchev–Trinajstić information content (AvgIpc) is 2.96. The third-order valence-corrected chi connectivity index (χ3v) is 7.78. The highest BCUT2D eigenvalue weighted by Crippen LogP contribution is 2.35. The van der Waals surface area contributed by atoms with Gasteiger partial charge in [0.05, 0.1) is 49.3 Å². The first-order chi connectivity index (χ1) is 18.3. The van der Waals surface area contributed by atoms with Crippen LogP contribution in [0.5, 0.6) is 11.5 Å². The van der Waals surface area contributed by atoms with E-state index in [9.17, 15) is 18.0 Å². The van der Waals surface area contributed by atoms with Gasteiger partial charge in [0.1, 0.15) is 18.0 Å². The van der Waals surface area contributed by atoms with Crippen LogP contribution < -0.4 is 19.1 Å². The Morgan fingerprint density at radius 3 is 2.32 bits per heavy atom. The normalized spacial score (nSPS) is 13.5. The van der Waals surface area contributed by atoms with Crippen molar-refractivity contribution in [3.8, 4) is 11.5 Å². The number of rotatable bonds is 9. The lowest BCUT2D eigenvalue weighted by Gasteiger charge is -2.28. The Bertz CT molecular complexity index is 1390. The number of amides is 2. The number of carbonyl (C=O) groups excluding carboxylic acids is 2. The van der Waals surface area contributed by atoms with Crippen LogP contribution in [0, 0.1) is 0 Å². The molecule has 0 aliphatic carbocycles. The third kappa shape index (κ3) is 5.90. The van der Waals surface area contributed by atoms with E-state index in [0.717, 1.165) is 4.31 Å². The maximum absolute atomic E-state index is 13.7. The van der Waals surface area contributed by atoms with Gasteiger partial charge in [0.2, 0.25) is 5.91 Å². The van der Waals surface area contributed by atoms with E-state index >= 15 is 0 Å². The largest absolute Gasteiger partial charge is 0.497 e. The lowest BCUT2D eigenvalue weighted by molar-refractivity contribution is -0.114. The number of hydrogen-bond donors (Lipinski definition) is 1. The summed E-state index contributed by atoms with van der Waals surface area (Å²) < 4.78 is 44.4. The average molecular weight is 540 g/mol. The predicted molar refractivity (Wildman–Crippen MR) is 142 cm³/mol. The summed E-state index contributed by atoms with van der Waals surface area (Å²) >= 11 is 0. The quantitative estimate of drug-likeness (QED) is 0.445. The number of para-hydroxylation sites is 1. The number of carbonyl (C=O) groups is 2. The molecule has 1 fully saturated rings. The van der Waals surface area contributed by atoms with Crippen molar-refractivity contribution in [1.29, 1.82) is 0 Å². The van der Waals surface area contributed by atoms with Gasteiger partial charge in [-0.25, -0.2) is 8.42 Å². The molecule has 200 valence electrons. The molecular weight excluding hydrogens is 510 g/mol. The van der Waals surface area contributed by atoms with Crippen LogP contribution in [-0.2, 0) is 19.6 Å². The van der Waals surface area contributed by atoms with Gasteiger partial charge >= 0.3 is 0 Å². The van der Waals surface area contributed by atoms with Gasteiger partial charge in [-0.15, -0.1) is 0 Å². The first kappa shape index (κ1) is 27.0. The van der Waals surface area contributed by atoms with Gasteiger partial charge in [-0.2, -0.15) is 0 Å². The number of hydrogen-bond acceptors (Lipinski definition) is 7. The van der Waals surface area contributed by atoms with Crippen LogP contribution in [0.2, 0.25) is 0 Å². The summed E-state index contributed by atoms with van der Waals surface area (Å²) in [7, 11) is -1.29. The lowest BCUT2D eigenvalue weighted by Crippen LogP contribution is -2.41. The summed E-state index contributed by atoms with van der Waals surface area (Å²) in [5, 5.41) is 2.73. The first-order valence-corrected chi connectivity index (χ1v) is 13.3. The highest BCUT2D eigenvalue weighted by molar-refractivity contribution is 7.92. The summed E-state index contributed by atoms with van der Waals surface area (Å²) in [4.78, 5) is 28.1. The Kier molecular flexibility index (Phi) is 8.49. The molecule has 1 aliphatic heterocycles. The lowest BCUT2D eigenvalue weighted by atomic mass is 10.1. The molecule has 2 amide bonds. The van der Waals surface area contributed by atoms with Crippen molar-refractivity contribution in [1.82, 2.24) is 4.90 Å². The van der Waals surface area contributed by atoms with Gasteiger partial charge in [0.25, 0.3) is 15.9 Å². The zero-order valence-corrected chi connectivity index (χ0v) is 21.9. The SMILES string of the molecule is COc1ccc(N(CC(=O)Nc2ccccc2C(=O)N2CCOCC2)S(=O)(=O)c2ccccc2)c(OC)c1. The van der Waals surface area contributed by atoms with Crippen molar-refractivity contribution < 1.29 is 32.2 Å². The van der Waals surface area contributed by atoms with E-state index in [2.05, 4.69) is 5.32 Å². The molecule has 0 atom stereocenters. The Morgan fingerprint density at radius 1 is 0.947 bits per heavy atom. The third-order valence-electron chi connectivity index (χ3n) is 6.00. The molecule has 1 N–H and O–H groups in total. The van der Waals surface area contributed by atoms with E-state index in [1.165, 1.54) is 38.5 Å². The van der Waals surface area contributed by atoms with E-state index < -0.39 is 22.5 Å². The summed E-state index contributed by atoms with van der Waals surface area (Å²) in [6, 6.07) is 19.1. The van der Waals surface area contributed by atoms with Crippen LogP contribution in [0.1, 0.15) is 10.4 Å². The fraction of sp³-hybridized carbons (Fsp3) is 0.259. The molecule has 0 unspecified atom stereocenters. The molecule has 1 heterocycles. The molecule has 11 heteroatoms. The molecule has 10 nitrogen and oxygen atoms in total. The fourth-order valence-electron chi connectivity index (χ4n) is 4.05. The zero-order chi connectivity index (χ0) is 27.1. The number of benzene rings is 3. The number of morpholine rings is 1. The number of methoxy groups -OCH3 is 2. The van der Waals surface area contributed by atoms with Crippen LogP contribution in [0.15, 0.2) is 77.7 Å². The van der Waals surface area contributed by atoms with Gasteiger partial charge < -0.3 is 24.4 Å². The molecule has 0 bridgehead atoms. The van der Waals surface area contributed by atoms with Crippen molar-refractivity contribution in [2.24, 2.45) is 0 Å². The Hall–Kier alpha value is -4.09. The number of anilines is 2. The maximum Gasteiger partial charge on any atom is 0.264 e. The van der Waals surface area contributed by atoms with Gasteiger partial charge in [0.15, 0.2) is 0 Å². The van der Waals surface area contributed by atoms with Crippen molar-refractivity contribution in [3.05, 3.63) is 78.4 Å². The smallest absolute Gasteiger partial charge is 0.264 e. The fourth-order valence-corrected chi connectivity index (χ4v) is 5.50. The minimum absolute atomic E-state index is 0.00793. The highest BCUT2D eigenvalue weighted by Gasteiger charge is 2.30. The molecule has 0 spiro atoms. The zero-order valence-electron chi connectivity index (χ0n) is 21.1. The number of sulfonamides is 1. The van der Waals surface area contributed by atoms with Crippen LogP contribution >= 0.6 is 0 Å². The molecule has 0 aromatic heterocycles. The summed E-state index contributed by atoms with van der Waals surface area (Å²) in [5.41, 5.74) is 0.750. The van der Waals surface area contributed by atoms with Crippen LogP contribution in [0.3, 0.4) is 0 Å². The minimum atomic E-state index is -4.17. The van der Waals surface area contributed by atoms with Gasteiger partial charge in [-0.1, -0.05) is 30.3 Å². The van der Waals surface area contributed by atoms with E-state index in [1.807, 2.05) is 0 Å². The Balaban J connectivity index is 1.66. The second-order valence-corrected chi connectivity index (χ2v) is 10.2. The van der Waals surface area contributed by atoms with Crippen molar-refractivity contribution in [2.45, 2.75) is 4.90 Å². The summed E-state index contributed by atoms with van der Waals surface area (Å²) in [6.07, 6.45) is 0. The standard InChI is InChI=1S/C27H29N3O7S/c1-35-20-12-13-24(25(18-20)36-2)30(38(33,34)21-8-4-3-5-9-21)19-26(31)28-23-11-7-6-10-22(23)27(32)29-14-16-37-17-15-29/h3-13,18H,14-17,19H2,1-2H3,(H,28,31). The van der Waals surface area contributed by atoms with Crippen molar-refractivity contribution in [2.75, 3.05) is 56.7 Å². The molecule has 3 aromatic rings. The van der Waals surface area contributed by atoms with Gasteiger partial charge in [-0.3, -0.25) is 13.9 Å². The number of nitrogens with one attached hydrogen (secondary N) is 1. The van der Waals surface area contributed by atoms with E-state index in [-0.39, 0.29) is 27.9 Å². The summed E-state index contributed by atoms with van der Waals surface area (Å²) in [6.45, 7) is 1.20. The van der Waals surface area contributed by atoms with E-state index in [1.54, 1.807) is 53.4 Å². The van der Waals surface area contributed by atoms with Crippen LogP contribution in [0.25, 0.3) is 0 Å². The molecule has 38 heavy (non-hydrogen) atoms. The molecule has 1 aliphatic rings. The van der Waals surface area contributed by atoms with Crippen molar-refractivity contribution >= 4 is 33.2 Å².